The molecule has 0 saturated carbocycles. The third-order valence-electron chi connectivity index (χ3n) is 3.54. The van der Waals surface area contributed by atoms with E-state index in [1.165, 1.54) is 11.3 Å². The summed E-state index contributed by atoms with van der Waals surface area (Å²) in [6.45, 7) is 8.51. The lowest BCUT2D eigenvalue weighted by Gasteiger charge is -2.19. The van der Waals surface area contributed by atoms with Gasteiger partial charge in [0.05, 0.1) is 12.2 Å². The predicted molar refractivity (Wildman–Crippen MR) is 116 cm³/mol. The number of aliphatic imine (C=N–C) groups is 1. The highest BCUT2D eigenvalue weighted by molar-refractivity contribution is 7.14. The molecule has 0 bridgehead atoms. The predicted octanol–water partition coefficient (Wildman–Crippen LogP) is 3.54. The fourth-order valence-electron chi connectivity index (χ4n) is 2.24. The third-order valence-corrected chi connectivity index (χ3v) is 4.30. The second-order valence-electron chi connectivity index (χ2n) is 7.36. The molecule has 0 atom stereocenters. The minimum atomic E-state index is -0.550. The Bertz CT molecular complexity index is 830. The molecule has 9 nitrogen and oxygen atoms in total. The van der Waals surface area contributed by atoms with E-state index in [1.807, 2.05) is 26.2 Å². The summed E-state index contributed by atoms with van der Waals surface area (Å²) in [5.74, 6) is 0.814. The highest BCUT2D eigenvalue weighted by atomic mass is 32.1. The van der Waals surface area contributed by atoms with Crippen molar-refractivity contribution in [2.75, 3.05) is 11.9 Å². The fraction of sp³-hybridized carbons (Fsp3) is 0.526. The standard InChI is InChI=1S/C19H29N7O2S/c1-5-6-7-9-22-16(20)26-17-25-14(12-29-17)15-21-10-8-13(24-15)11-23-18(27)28-19(2,3)4/h8,10,12H,5-7,9,11H2,1-4H3,(H,23,27)(H3,20,22,25,26). The molecule has 2 rings (SSSR count). The fourth-order valence-corrected chi connectivity index (χ4v) is 2.94. The summed E-state index contributed by atoms with van der Waals surface area (Å²) >= 11 is 1.39. The topological polar surface area (TPSA) is 127 Å². The molecule has 0 unspecified atom stereocenters. The molecule has 1 amide bonds. The molecule has 0 fully saturated rings. The highest BCUT2D eigenvalue weighted by Gasteiger charge is 2.16. The van der Waals surface area contributed by atoms with Crippen LogP contribution in [0.5, 0.6) is 0 Å². The zero-order chi connectivity index (χ0) is 21.3. The van der Waals surface area contributed by atoms with Crippen LogP contribution in [-0.4, -0.2) is 39.2 Å². The van der Waals surface area contributed by atoms with Crippen molar-refractivity contribution in [3.8, 4) is 11.5 Å². The minimum Gasteiger partial charge on any atom is -0.444 e. The molecule has 0 aliphatic heterocycles. The number of guanidine groups is 1. The van der Waals surface area contributed by atoms with Gasteiger partial charge in [0.25, 0.3) is 0 Å². The van der Waals surface area contributed by atoms with Crippen molar-refractivity contribution in [2.45, 2.75) is 59.1 Å². The van der Waals surface area contributed by atoms with E-state index in [1.54, 1.807) is 12.3 Å². The van der Waals surface area contributed by atoms with Crippen LogP contribution < -0.4 is 16.4 Å². The third kappa shape index (κ3) is 8.43. The Morgan fingerprint density at radius 1 is 1.31 bits per heavy atom. The van der Waals surface area contributed by atoms with Gasteiger partial charge in [0.2, 0.25) is 0 Å². The number of alkyl carbamates (subject to hydrolysis) is 1. The van der Waals surface area contributed by atoms with Gasteiger partial charge in [0, 0.05) is 18.1 Å². The Labute approximate surface area is 175 Å². The van der Waals surface area contributed by atoms with Gasteiger partial charge in [-0.2, -0.15) is 0 Å². The van der Waals surface area contributed by atoms with E-state index in [4.69, 9.17) is 10.5 Å². The summed E-state index contributed by atoms with van der Waals surface area (Å²) < 4.78 is 5.22. The van der Waals surface area contributed by atoms with Crippen molar-refractivity contribution >= 4 is 28.5 Å². The molecule has 2 heterocycles. The first kappa shape index (κ1) is 22.5. The van der Waals surface area contributed by atoms with E-state index in [9.17, 15) is 4.79 Å². The van der Waals surface area contributed by atoms with Gasteiger partial charge >= 0.3 is 6.09 Å². The number of rotatable bonds is 8. The van der Waals surface area contributed by atoms with Crippen LogP contribution in [0.15, 0.2) is 22.6 Å². The zero-order valence-electron chi connectivity index (χ0n) is 17.4. The van der Waals surface area contributed by atoms with Crippen molar-refractivity contribution in [2.24, 2.45) is 10.7 Å². The lowest BCUT2D eigenvalue weighted by Crippen LogP contribution is -2.32. The first-order valence-corrected chi connectivity index (χ1v) is 10.5. The van der Waals surface area contributed by atoms with Crippen molar-refractivity contribution in [1.82, 2.24) is 20.3 Å². The Morgan fingerprint density at radius 2 is 2.10 bits per heavy atom. The van der Waals surface area contributed by atoms with Crippen LogP contribution in [0.2, 0.25) is 0 Å². The summed E-state index contributed by atoms with van der Waals surface area (Å²) in [5, 5.41) is 8.13. The maximum atomic E-state index is 11.8. The van der Waals surface area contributed by atoms with E-state index in [-0.39, 0.29) is 6.54 Å². The summed E-state index contributed by atoms with van der Waals surface area (Å²) in [6.07, 6.45) is 4.43. The Hall–Kier alpha value is -2.75. The first-order chi connectivity index (χ1) is 13.8. The van der Waals surface area contributed by atoms with E-state index in [2.05, 4.69) is 37.5 Å². The lowest BCUT2D eigenvalue weighted by atomic mass is 10.2. The second kappa shape index (κ2) is 10.7. The van der Waals surface area contributed by atoms with Gasteiger partial charge in [-0.1, -0.05) is 19.8 Å². The molecular weight excluding hydrogens is 390 g/mol. The molecule has 0 aliphatic rings. The number of amides is 1. The van der Waals surface area contributed by atoms with Crippen molar-refractivity contribution < 1.29 is 9.53 Å². The average molecular weight is 420 g/mol. The maximum Gasteiger partial charge on any atom is 0.407 e. The number of aromatic nitrogens is 3. The maximum absolute atomic E-state index is 11.8. The summed E-state index contributed by atoms with van der Waals surface area (Å²) in [4.78, 5) is 29.2. The molecule has 0 aliphatic carbocycles. The number of thiazole rings is 1. The Morgan fingerprint density at radius 3 is 2.83 bits per heavy atom. The van der Waals surface area contributed by atoms with Crippen LogP contribution in [0.1, 0.15) is 52.7 Å². The van der Waals surface area contributed by atoms with Crippen molar-refractivity contribution in [1.29, 1.82) is 0 Å². The molecule has 0 radical (unpaired) electrons. The number of hydrogen-bond acceptors (Lipinski definition) is 7. The lowest BCUT2D eigenvalue weighted by molar-refractivity contribution is 0.0523. The van der Waals surface area contributed by atoms with Gasteiger partial charge in [-0.3, -0.25) is 4.99 Å². The summed E-state index contributed by atoms with van der Waals surface area (Å²) in [6, 6.07) is 1.73. The van der Waals surface area contributed by atoms with E-state index in [0.717, 1.165) is 19.3 Å². The molecular formula is C19H29N7O2S. The van der Waals surface area contributed by atoms with Crippen LogP contribution >= 0.6 is 11.3 Å². The van der Waals surface area contributed by atoms with Crippen LogP contribution in [0, 0.1) is 0 Å². The van der Waals surface area contributed by atoms with Crippen LogP contribution in [0.4, 0.5) is 9.93 Å². The Kier molecular flexibility index (Phi) is 8.32. The molecule has 10 heteroatoms. The number of carbonyl (C=O) groups is 1. The zero-order valence-corrected chi connectivity index (χ0v) is 18.2. The molecule has 2 aromatic rings. The monoisotopic (exact) mass is 419 g/mol. The van der Waals surface area contributed by atoms with E-state index in [0.29, 0.717) is 34.8 Å². The smallest absolute Gasteiger partial charge is 0.407 e. The average Bonchev–Trinajstić information content (AvgIpc) is 3.11. The number of nitrogens with zero attached hydrogens (tertiary/aromatic N) is 4. The largest absolute Gasteiger partial charge is 0.444 e. The molecule has 158 valence electrons. The quantitative estimate of drug-likeness (QED) is 0.339. The van der Waals surface area contributed by atoms with Crippen LogP contribution in [-0.2, 0) is 11.3 Å². The molecule has 2 aromatic heterocycles. The van der Waals surface area contributed by atoms with Crippen molar-refractivity contribution in [3.63, 3.8) is 0 Å². The van der Waals surface area contributed by atoms with Gasteiger partial charge in [0.1, 0.15) is 11.3 Å². The number of hydrogen-bond donors (Lipinski definition) is 3. The molecule has 0 saturated heterocycles. The van der Waals surface area contributed by atoms with E-state index < -0.39 is 11.7 Å². The number of nitrogens with two attached hydrogens (primary N) is 1. The van der Waals surface area contributed by atoms with Gasteiger partial charge in [-0.05, 0) is 33.3 Å². The van der Waals surface area contributed by atoms with Gasteiger partial charge in [-0.25, -0.2) is 19.7 Å². The normalized spacial score (nSPS) is 11.9. The van der Waals surface area contributed by atoms with Gasteiger partial charge in [0.15, 0.2) is 16.9 Å². The molecule has 0 spiro atoms. The van der Waals surface area contributed by atoms with Gasteiger partial charge in [-0.15, -0.1) is 11.3 Å². The molecule has 4 N–H and O–H groups in total. The molecule has 29 heavy (non-hydrogen) atoms. The summed E-state index contributed by atoms with van der Waals surface area (Å²) in [7, 11) is 0. The first-order valence-electron chi connectivity index (χ1n) is 9.58. The number of unbranched alkanes of at least 4 members (excludes halogenated alkanes) is 2. The van der Waals surface area contributed by atoms with Crippen molar-refractivity contribution in [3.05, 3.63) is 23.3 Å². The van der Waals surface area contributed by atoms with Crippen LogP contribution in [0.25, 0.3) is 11.5 Å². The molecule has 0 aromatic carbocycles. The second-order valence-corrected chi connectivity index (χ2v) is 8.22. The van der Waals surface area contributed by atoms with Gasteiger partial charge < -0.3 is 21.1 Å². The summed E-state index contributed by atoms with van der Waals surface area (Å²) in [5.41, 5.74) is 6.62. The van der Waals surface area contributed by atoms with E-state index >= 15 is 0 Å². The number of nitrogens with one attached hydrogen (secondary N) is 2. The minimum absolute atomic E-state index is 0.233. The Balaban J connectivity index is 1.94. The number of carbonyl (C=O) groups excluding carboxylic acids is 1. The number of anilines is 1. The highest BCUT2D eigenvalue weighted by Crippen LogP contribution is 2.22. The van der Waals surface area contributed by atoms with Crippen LogP contribution in [0.3, 0.4) is 0 Å². The number of ether oxygens (including phenoxy) is 1. The SMILES string of the molecule is CCCCCN=C(N)Nc1nc(-c2nccc(CNC(=O)OC(C)(C)C)n2)cs1.